The second-order valence-corrected chi connectivity index (χ2v) is 6.50. The van der Waals surface area contributed by atoms with Crippen LogP contribution in [0.3, 0.4) is 0 Å². The minimum absolute atomic E-state index is 0.722. The van der Waals surface area contributed by atoms with Crippen LogP contribution in [0.15, 0.2) is 5.51 Å². The van der Waals surface area contributed by atoms with E-state index in [1.807, 2.05) is 5.51 Å². The van der Waals surface area contributed by atoms with Crippen LogP contribution in [-0.4, -0.2) is 42.1 Å². The van der Waals surface area contributed by atoms with Gasteiger partial charge >= 0.3 is 0 Å². The van der Waals surface area contributed by atoms with Gasteiger partial charge in [0, 0.05) is 24.0 Å². The summed E-state index contributed by atoms with van der Waals surface area (Å²) in [6, 6.07) is 0.722. The molecule has 4 heteroatoms. The van der Waals surface area contributed by atoms with Gasteiger partial charge in [-0.15, -0.1) is 11.3 Å². The maximum atomic E-state index is 4.35. The Morgan fingerprint density at radius 1 is 1.47 bits per heavy atom. The van der Waals surface area contributed by atoms with Crippen molar-refractivity contribution in [2.24, 2.45) is 0 Å². The molecule has 1 aliphatic rings. The summed E-state index contributed by atoms with van der Waals surface area (Å²) in [6.07, 6.45) is 6.46. The van der Waals surface area contributed by atoms with Crippen molar-refractivity contribution in [3.63, 3.8) is 0 Å². The lowest BCUT2D eigenvalue weighted by atomic mass is 10.2. The highest BCUT2D eigenvalue weighted by atomic mass is 32.1. The second-order valence-electron chi connectivity index (χ2n) is 5.56. The van der Waals surface area contributed by atoms with Gasteiger partial charge in [0.05, 0.1) is 11.2 Å². The number of nitrogens with zero attached hydrogens (tertiary/aromatic N) is 2. The van der Waals surface area contributed by atoms with Crippen molar-refractivity contribution in [3.8, 4) is 0 Å². The number of hydrogen-bond donors (Lipinski definition) is 1. The van der Waals surface area contributed by atoms with E-state index in [4.69, 9.17) is 0 Å². The third kappa shape index (κ3) is 4.86. The van der Waals surface area contributed by atoms with Gasteiger partial charge in [0.25, 0.3) is 0 Å². The molecular weight excluding hydrogens is 254 g/mol. The van der Waals surface area contributed by atoms with E-state index in [-0.39, 0.29) is 0 Å². The Labute approximate surface area is 121 Å². The lowest BCUT2D eigenvalue weighted by Crippen LogP contribution is -2.39. The number of nitrogens with one attached hydrogen (secondary N) is 1. The zero-order chi connectivity index (χ0) is 13.5. The first-order valence-corrected chi connectivity index (χ1v) is 8.52. The standard InChI is InChI=1S/C15H27N3S/c1-3-4-9-18(11-14-6-5-8-16-14)10-7-15-13(2)17-12-19-15/h12,14,16H,3-11H2,1-2H3. The molecule has 2 heterocycles. The highest BCUT2D eigenvalue weighted by Crippen LogP contribution is 2.14. The van der Waals surface area contributed by atoms with E-state index in [2.05, 4.69) is 29.0 Å². The first kappa shape index (κ1) is 14.9. The van der Waals surface area contributed by atoms with Gasteiger partial charge in [0.15, 0.2) is 0 Å². The molecule has 0 aliphatic carbocycles. The second kappa shape index (κ2) is 7.98. The van der Waals surface area contributed by atoms with E-state index < -0.39 is 0 Å². The maximum Gasteiger partial charge on any atom is 0.0797 e. The molecule has 1 aromatic heterocycles. The summed E-state index contributed by atoms with van der Waals surface area (Å²) in [5.41, 5.74) is 3.19. The molecule has 0 bridgehead atoms. The monoisotopic (exact) mass is 281 g/mol. The summed E-state index contributed by atoms with van der Waals surface area (Å²) in [5, 5.41) is 3.62. The number of unbranched alkanes of at least 4 members (excludes halogenated alkanes) is 1. The van der Waals surface area contributed by atoms with Gasteiger partial charge in [-0.2, -0.15) is 0 Å². The molecule has 1 saturated heterocycles. The summed E-state index contributed by atoms with van der Waals surface area (Å²) in [4.78, 5) is 8.45. The highest BCUT2D eigenvalue weighted by Gasteiger charge is 2.17. The lowest BCUT2D eigenvalue weighted by Gasteiger charge is -2.25. The van der Waals surface area contributed by atoms with Crippen molar-refractivity contribution in [1.29, 1.82) is 0 Å². The molecule has 108 valence electrons. The van der Waals surface area contributed by atoms with Gasteiger partial charge in [-0.1, -0.05) is 13.3 Å². The molecule has 1 unspecified atom stereocenters. The molecule has 0 spiro atoms. The largest absolute Gasteiger partial charge is 0.313 e. The predicted molar refractivity (Wildman–Crippen MR) is 82.9 cm³/mol. The quantitative estimate of drug-likeness (QED) is 0.794. The SMILES string of the molecule is CCCCN(CCc1scnc1C)CC1CCCN1. The van der Waals surface area contributed by atoms with Crippen LogP contribution in [-0.2, 0) is 6.42 Å². The van der Waals surface area contributed by atoms with E-state index in [0.717, 1.165) is 12.5 Å². The predicted octanol–water partition coefficient (Wildman–Crippen LogP) is 2.85. The minimum atomic E-state index is 0.722. The number of aryl methyl sites for hydroxylation is 1. The van der Waals surface area contributed by atoms with Crippen molar-refractivity contribution in [2.75, 3.05) is 26.2 Å². The summed E-state index contributed by atoms with van der Waals surface area (Å²) in [5.74, 6) is 0. The number of aromatic nitrogens is 1. The third-order valence-corrected chi connectivity index (χ3v) is 4.96. The molecular formula is C15H27N3S. The maximum absolute atomic E-state index is 4.35. The van der Waals surface area contributed by atoms with Crippen LogP contribution in [0.5, 0.6) is 0 Å². The van der Waals surface area contributed by atoms with Crippen molar-refractivity contribution < 1.29 is 0 Å². The van der Waals surface area contributed by atoms with Crippen molar-refractivity contribution in [3.05, 3.63) is 16.1 Å². The van der Waals surface area contributed by atoms with E-state index in [1.54, 1.807) is 11.3 Å². The summed E-state index contributed by atoms with van der Waals surface area (Å²) in [6.45, 7) is 9.26. The van der Waals surface area contributed by atoms with Crippen LogP contribution >= 0.6 is 11.3 Å². The fraction of sp³-hybridized carbons (Fsp3) is 0.800. The fourth-order valence-electron chi connectivity index (χ4n) is 2.73. The molecule has 0 radical (unpaired) electrons. The molecule has 1 aliphatic heterocycles. The zero-order valence-corrected chi connectivity index (χ0v) is 13.1. The number of rotatable bonds is 8. The molecule has 0 aromatic carbocycles. The zero-order valence-electron chi connectivity index (χ0n) is 12.3. The Hall–Kier alpha value is -0.450. The number of hydrogen-bond acceptors (Lipinski definition) is 4. The van der Waals surface area contributed by atoms with Crippen molar-refractivity contribution in [1.82, 2.24) is 15.2 Å². The molecule has 1 aromatic rings. The summed E-state index contributed by atoms with van der Waals surface area (Å²) >= 11 is 1.80. The minimum Gasteiger partial charge on any atom is -0.313 e. The first-order valence-electron chi connectivity index (χ1n) is 7.64. The van der Waals surface area contributed by atoms with Gasteiger partial charge in [-0.05, 0) is 45.7 Å². The Morgan fingerprint density at radius 3 is 3.00 bits per heavy atom. The van der Waals surface area contributed by atoms with Gasteiger partial charge in [-0.25, -0.2) is 4.98 Å². The average molecular weight is 281 g/mol. The van der Waals surface area contributed by atoms with Crippen LogP contribution in [0.2, 0.25) is 0 Å². The van der Waals surface area contributed by atoms with E-state index in [0.29, 0.717) is 0 Å². The molecule has 1 fully saturated rings. The molecule has 0 saturated carbocycles. The highest BCUT2D eigenvalue weighted by molar-refractivity contribution is 7.09. The molecule has 2 rings (SSSR count). The smallest absolute Gasteiger partial charge is 0.0797 e. The topological polar surface area (TPSA) is 28.2 Å². The van der Waals surface area contributed by atoms with Crippen LogP contribution in [0.1, 0.15) is 43.2 Å². The van der Waals surface area contributed by atoms with Gasteiger partial charge in [0.2, 0.25) is 0 Å². The third-order valence-electron chi connectivity index (χ3n) is 3.97. The van der Waals surface area contributed by atoms with Gasteiger partial charge in [-0.3, -0.25) is 0 Å². The molecule has 0 amide bonds. The fourth-order valence-corrected chi connectivity index (χ4v) is 3.50. The Bertz CT molecular complexity index is 358. The van der Waals surface area contributed by atoms with Crippen LogP contribution in [0.4, 0.5) is 0 Å². The summed E-state index contributed by atoms with van der Waals surface area (Å²) < 4.78 is 0. The normalized spacial score (nSPS) is 19.4. The van der Waals surface area contributed by atoms with Gasteiger partial charge in [0.1, 0.15) is 0 Å². The first-order chi connectivity index (χ1) is 9.29. The van der Waals surface area contributed by atoms with E-state index in [1.165, 1.54) is 62.4 Å². The summed E-state index contributed by atoms with van der Waals surface area (Å²) in [7, 11) is 0. The van der Waals surface area contributed by atoms with E-state index >= 15 is 0 Å². The lowest BCUT2D eigenvalue weighted by molar-refractivity contribution is 0.248. The van der Waals surface area contributed by atoms with E-state index in [9.17, 15) is 0 Å². The Balaban J connectivity index is 1.80. The Morgan fingerprint density at radius 2 is 2.37 bits per heavy atom. The molecule has 1 N–H and O–H groups in total. The number of thiazole rings is 1. The van der Waals surface area contributed by atoms with Crippen LogP contribution < -0.4 is 5.32 Å². The Kier molecular flexibility index (Phi) is 6.28. The molecule has 1 atom stereocenters. The van der Waals surface area contributed by atoms with Crippen LogP contribution in [0, 0.1) is 6.92 Å². The molecule has 19 heavy (non-hydrogen) atoms. The van der Waals surface area contributed by atoms with Crippen LogP contribution in [0.25, 0.3) is 0 Å². The van der Waals surface area contributed by atoms with Crippen molar-refractivity contribution >= 4 is 11.3 Å². The van der Waals surface area contributed by atoms with Crippen molar-refractivity contribution in [2.45, 2.75) is 52.0 Å². The average Bonchev–Trinajstić information content (AvgIpc) is 3.04. The molecule has 3 nitrogen and oxygen atoms in total. The van der Waals surface area contributed by atoms with Gasteiger partial charge < -0.3 is 10.2 Å².